The lowest BCUT2D eigenvalue weighted by molar-refractivity contribution is -0.00658. The van der Waals surface area contributed by atoms with Crippen LogP contribution in [0.5, 0.6) is 0 Å². The molecule has 2 aliphatic rings. The van der Waals surface area contributed by atoms with Crippen molar-refractivity contribution in [3.8, 4) is 0 Å². The lowest BCUT2D eigenvalue weighted by Gasteiger charge is -2.42. The maximum atomic E-state index is 12.9. The Balaban J connectivity index is 1.63. The van der Waals surface area contributed by atoms with Crippen LogP contribution in [0.25, 0.3) is 0 Å². The van der Waals surface area contributed by atoms with Crippen molar-refractivity contribution in [3.63, 3.8) is 0 Å². The number of aliphatic imine (C=N–C) groups is 1. The molecule has 0 atom stereocenters. The van der Waals surface area contributed by atoms with Crippen LogP contribution in [0, 0.1) is 0 Å². The number of likely N-dealkylation sites (N-methyl/N-ethyl adjacent to an activating group) is 1. The van der Waals surface area contributed by atoms with E-state index in [9.17, 15) is 4.79 Å². The fraction of sp³-hybridized carbons (Fsp3) is 0.579. The van der Waals surface area contributed by atoms with Gasteiger partial charge in [-0.2, -0.15) is 0 Å². The summed E-state index contributed by atoms with van der Waals surface area (Å²) in [6, 6.07) is 7.89. The highest BCUT2D eigenvalue weighted by molar-refractivity contribution is 8.38. The number of thioether (sulfide) groups is 2. The van der Waals surface area contributed by atoms with Crippen LogP contribution in [-0.4, -0.2) is 66.9 Å². The smallest absolute Gasteiger partial charge is 0.251 e. The Bertz CT molecular complexity index is 658. The zero-order chi connectivity index (χ0) is 18.4. The third-order valence-electron chi connectivity index (χ3n) is 5.12. The van der Waals surface area contributed by atoms with Gasteiger partial charge in [-0.25, -0.2) is 0 Å². The van der Waals surface area contributed by atoms with E-state index >= 15 is 0 Å². The molecule has 0 saturated carbocycles. The largest absolute Gasteiger partial charge is 0.381 e. The Labute approximate surface area is 164 Å². The molecule has 1 amide bonds. The monoisotopic (exact) mass is 393 g/mol. The number of nitrogens with zero attached hydrogens (tertiary/aromatic N) is 2. The first-order valence-electron chi connectivity index (χ1n) is 9.02. The predicted octanol–water partition coefficient (Wildman–Crippen LogP) is 2.86. The summed E-state index contributed by atoms with van der Waals surface area (Å²) >= 11 is 3.53. The summed E-state index contributed by atoms with van der Waals surface area (Å²) in [6.07, 6.45) is 1.88. The number of hydrogen-bond acceptors (Lipinski definition) is 6. The average molecular weight is 394 g/mol. The third kappa shape index (κ3) is 4.82. The van der Waals surface area contributed by atoms with Gasteiger partial charge in [0.2, 0.25) is 0 Å². The minimum absolute atomic E-state index is 0.00920. The van der Waals surface area contributed by atoms with Crippen molar-refractivity contribution in [2.45, 2.75) is 24.1 Å². The summed E-state index contributed by atoms with van der Waals surface area (Å²) in [5.41, 5.74) is 1.81. The van der Waals surface area contributed by atoms with Gasteiger partial charge in [-0.05, 0) is 38.6 Å². The second-order valence-electron chi connectivity index (χ2n) is 6.86. The van der Waals surface area contributed by atoms with Gasteiger partial charge in [-0.1, -0.05) is 41.7 Å². The predicted molar refractivity (Wildman–Crippen MR) is 111 cm³/mol. The molecule has 3 rings (SSSR count). The van der Waals surface area contributed by atoms with Crippen LogP contribution in [0.15, 0.2) is 29.3 Å². The van der Waals surface area contributed by atoms with E-state index in [-0.39, 0.29) is 11.4 Å². The van der Waals surface area contributed by atoms with Crippen LogP contribution in [0.3, 0.4) is 0 Å². The number of carbonyl (C=O) groups excluding carboxylic acids is 1. The normalized spacial score (nSPS) is 19.4. The van der Waals surface area contributed by atoms with Crippen LogP contribution in [0.1, 0.15) is 28.8 Å². The van der Waals surface area contributed by atoms with Gasteiger partial charge in [0.1, 0.15) is 4.38 Å². The van der Waals surface area contributed by atoms with Crippen molar-refractivity contribution < 1.29 is 9.53 Å². The third-order valence-corrected chi connectivity index (χ3v) is 7.42. The van der Waals surface area contributed by atoms with Crippen LogP contribution in [0.4, 0.5) is 0 Å². The molecule has 1 fully saturated rings. The fourth-order valence-corrected chi connectivity index (χ4v) is 5.30. The highest BCUT2D eigenvalue weighted by Gasteiger charge is 2.35. The second kappa shape index (κ2) is 9.26. The Morgan fingerprint density at radius 3 is 2.81 bits per heavy atom. The number of amides is 1. The lowest BCUT2D eigenvalue weighted by Crippen LogP contribution is -2.55. The lowest BCUT2D eigenvalue weighted by atomic mass is 9.88. The first kappa shape index (κ1) is 19.7. The zero-order valence-corrected chi connectivity index (χ0v) is 17.1. The zero-order valence-electron chi connectivity index (χ0n) is 15.5. The minimum atomic E-state index is -0.0210. The Kier molecular flexibility index (Phi) is 7.03. The second-order valence-corrected chi connectivity index (χ2v) is 9.16. The van der Waals surface area contributed by atoms with Gasteiger partial charge in [-0.15, -0.1) is 0 Å². The fourth-order valence-electron chi connectivity index (χ4n) is 3.28. The summed E-state index contributed by atoms with van der Waals surface area (Å²) in [5.74, 6) is 1.86. The molecule has 0 aliphatic carbocycles. The van der Waals surface area contributed by atoms with Gasteiger partial charge in [0.15, 0.2) is 0 Å². The van der Waals surface area contributed by atoms with Crippen molar-refractivity contribution in [3.05, 3.63) is 35.4 Å². The first-order valence-corrected chi connectivity index (χ1v) is 11.0. The molecule has 0 aromatic heterocycles. The molecule has 2 aliphatic heterocycles. The van der Waals surface area contributed by atoms with E-state index in [0.717, 1.165) is 59.6 Å². The molecule has 0 bridgehead atoms. The maximum Gasteiger partial charge on any atom is 0.251 e. The molecule has 1 N–H and O–H groups in total. The summed E-state index contributed by atoms with van der Waals surface area (Å²) in [4.78, 5) is 19.6. The first-order chi connectivity index (χ1) is 12.6. The van der Waals surface area contributed by atoms with E-state index in [0.29, 0.717) is 6.54 Å². The van der Waals surface area contributed by atoms with Gasteiger partial charge in [-0.3, -0.25) is 9.79 Å². The van der Waals surface area contributed by atoms with Crippen LogP contribution in [0.2, 0.25) is 0 Å². The Morgan fingerprint density at radius 2 is 2.12 bits per heavy atom. The van der Waals surface area contributed by atoms with Crippen molar-refractivity contribution >= 4 is 33.8 Å². The number of rotatable bonds is 6. The topological polar surface area (TPSA) is 53.9 Å². The molecule has 0 spiro atoms. The molecule has 2 heterocycles. The van der Waals surface area contributed by atoms with Gasteiger partial charge >= 0.3 is 0 Å². The summed E-state index contributed by atoms with van der Waals surface area (Å²) in [6.45, 7) is 3.06. The molecule has 142 valence electrons. The van der Waals surface area contributed by atoms with E-state index < -0.39 is 0 Å². The molecular formula is C19H27N3O2S2. The standard InChI is InChI=1S/C19H27N3O2S2/c1-22(2)19(7-10-24-11-8-19)14-21-17(23)16-6-4-3-5-15(16)13-26-18-20-9-12-25-18/h3-6H,7-14H2,1-2H3,(H,21,23). The van der Waals surface area contributed by atoms with Crippen molar-refractivity contribution in [2.75, 3.05) is 46.2 Å². The van der Waals surface area contributed by atoms with Gasteiger partial charge in [0.05, 0.1) is 6.54 Å². The summed E-state index contributed by atoms with van der Waals surface area (Å²) in [5, 5.41) is 3.18. The number of hydrogen-bond donors (Lipinski definition) is 1. The minimum Gasteiger partial charge on any atom is -0.381 e. The van der Waals surface area contributed by atoms with Gasteiger partial charge < -0.3 is 15.0 Å². The Hall–Kier alpha value is -1.02. The number of carbonyl (C=O) groups is 1. The molecule has 1 aromatic carbocycles. The molecule has 7 heteroatoms. The Morgan fingerprint density at radius 1 is 1.35 bits per heavy atom. The van der Waals surface area contributed by atoms with Gasteiger partial charge in [0, 0.05) is 42.4 Å². The van der Waals surface area contributed by atoms with Crippen LogP contribution < -0.4 is 5.32 Å². The summed E-state index contributed by atoms with van der Waals surface area (Å²) < 4.78 is 6.64. The van der Waals surface area contributed by atoms with E-state index in [4.69, 9.17) is 4.74 Å². The summed E-state index contributed by atoms with van der Waals surface area (Å²) in [7, 11) is 4.17. The SMILES string of the molecule is CN(C)C1(CNC(=O)c2ccccc2CSC2=NCCS2)CCOCC1. The van der Waals surface area contributed by atoms with Crippen LogP contribution >= 0.6 is 23.5 Å². The molecule has 0 unspecified atom stereocenters. The maximum absolute atomic E-state index is 12.9. The van der Waals surface area contributed by atoms with Crippen molar-refractivity contribution in [1.82, 2.24) is 10.2 Å². The number of nitrogens with one attached hydrogen (secondary N) is 1. The highest BCUT2D eigenvalue weighted by atomic mass is 32.2. The molecule has 26 heavy (non-hydrogen) atoms. The average Bonchev–Trinajstić information content (AvgIpc) is 3.19. The van der Waals surface area contributed by atoms with Gasteiger partial charge in [0.25, 0.3) is 5.91 Å². The van der Waals surface area contributed by atoms with E-state index in [1.54, 1.807) is 23.5 Å². The van der Waals surface area contributed by atoms with E-state index in [1.165, 1.54) is 0 Å². The molecule has 0 radical (unpaired) electrons. The number of benzene rings is 1. The van der Waals surface area contributed by atoms with E-state index in [2.05, 4.69) is 29.3 Å². The molecule has 5 nitrogen and oxygen atoms in total. The molecular weight excluding hydrogens is 366 g/mol. The van der Waals surface area contributed by atoms with E-state index in [1.807, 2.05) is 24.3 Å². The van der Waals surface area contributed by atoms with Crippen molar-refractivity contribution in [2.24, 2.45) is 4.99 Å². The number of ether oxygens (including phenoxy) is 1. The molecule has 1 saturated heterocycles. The van der Waals surface area contributed by atoms with Crippen LogP contribution in [-0.2, 0) is 10.5 Å². The highest BCUT2D eigenvalue weighted by Crippen LogP contribution is 2.27. The van der Waals surface area contributed by atoms with Crippen molar-refractivity contribution in [1.29, 1.82) is 0 Å². The molecule has 1 aromatic rings. The quantitative estimate of drug-likeness (QED) is 0.805.